The molecule has 0 saturated carbocycles. The minimum atomic E-state index is -0.144. The number of benzene rings is 2. The summed E-state index contributed by atoms with van der Waals surface area (Å²) in [6.45, 7) is 4.18. The second kappa shape index (κ2) is 13.0. The molecule has 0 aliphatic rings. The highest BCUT2D eigenvalue weighted by molar-refractivity contribution is 14.0. The van der Waals surface area contributed by atoms with Gasteiger partial charge in [0.15, 0.2) is 5.96 Å². The first-order valence-corrected chi connectivity index (χ1v) is 10.2. The Labute approximate surface area is 204 Å². The fourth-order valence-corrected chi connectivity index (χ4v) is 3.05. The van der Waals surface area contributed by atoms with Gasteiger partial charge in [0.1, 0.15) is 5.76 Å². The Morgan fingerprint density at radius 2 is 1.77 bits per heavy atom. The average Bonchev–Trinajstić information content (AvgIpc) is 3.28. The van der Waals surface area contributed by atoms with Gasteiger partial charge < -0.3 is 20.4 Å². The number of aliphatic imine (C=N–C) groups is 1. The molecule has 0 radical (unpaired) electrons. The van der Waals surface area contributed by atoms with Crippen molar-refractivity contribution in [3.63, 3.8) is 0 Å². The zero-order chi connectivity index (χ0) is 21.2. The molecular weight excluding hydrogens is 527 g/mol. The summed E-state index contributed by atoms with van der Waals surface area (Å²) < 4.78 is 5.24. The van der Waals surface area contributed by atoms with Crippen molar-refractivity contribution in [2.75, 3.05) is 6.54 Å². The van der Waals surface area contributed by atoms with E-state index in [1.54, 1.807) is 18.4 Å². The molecule has 0 unspecified atom stereocenters. The average molecular weight is 553 g/mol. The number of amides is 1. The minimum Gasteiger partial charge on any atom is -0.467 e. The number of rotatable bonds is 8. The molecule has 1 aromatic heterocycles. The number of carbonyl (C=O) groups excluding carboxylic acids is 1. The van der Waals surface area contributed by atoms with Crippen molar-refractivity contribution in [1.82, 2.24) is 16.0 Å². The molecule has 0 spiro atoms. The second-order valence-electron chi connectivity index (χ2n) is 6.64. The van der Waals surface area contributed by atoms with E-state index in [4.69, 9.17) is 16.0 Å². The Bertz CT molecular complexity index is 993. The van der Waals surface area contributed by atoms with Crippen molar-refractivity contribution in [3.8, 4) is 0 Å². The maximum Gasteiger partial charge on any atom is 0.251 e. The fourth-order valence-electron chi connectivity index (χ4n) is 2.84. The highest BCUT2D eigenvalue weighted by atomic mass is 127. The van der Waals surface area contributed by atoms with Crippen molar-refractivity contribution < 1.29 is 9.21 Å². The number of hydrogen-bond donors (Lipinski definition) is 3. The van der Waals surface area contributed by atoms with E-state index >= 15 is 0 Å². The zero-order valence-corrected chi connectivity index (χ0v) is 20.3. The number of furan rings is 1. The van der Waals surface area contributed by atoms with Crippen molar-refractivity contribution >= 4 is 47.4 Å². The maximum absolute atomic E-state index is 12.4. The number of halogens is 2. The van der Waals surface area contributed by atoms with Gasteiger partial charge >= 0.3 is 0 Å². The normalized spacial score (nSPS) is 10.8. The predicted molar refractivity (Wildman–Crippen MR) is 135 cm³/mol. The van der Waals surface area contributed by atoms with Crippen LogP contribution in [0.1, 0.15) is 34.2 Å². The highest BCUT2D eigenvalue weighted by Gasteiger charge is 2.07. The van der Waals surface area contributed by atoms with Gasteiger partial charge in [-0.1, -0.05) is 35.9 Å². The van der Waals surface area contributed by atoms with E-state index in [9.17, 15) is 4.79 Å². The van der Waals surface area contributed by atoms with Crippen LogP contribution in [0.4, 0.5) is 0 Å². The Morgan fingerprint density at radius 1 is 0.968 bits per heavy atom. The molecular formula is C23H26ClIN4O2. The Hall–Kier alpha value is -2.52. The van der Waals surface area contributed by atoms with Gasteiger partial charge in [0.2, 0.25) is 0 Å². The first-order chi connectivity index (χ1) is 14.6. The quantitative estimate of drug-likeness (QED) is 0.214. The van der Waals surface area contributed by atoms with Crippen LogP contribution in [0.25, 0.3) is 0 Å². The molecule has 1 heterocycles. The van der Waals surface area contributed by atoms with E-state index in [1.807, 2.05) is 55.5 Å². The van der Waals surface area contributed by atoms with Crippen LogP contribution in [0.3, 0.4) is 0 Å². The lowest BCUT2D eigenvalue weighted by molar-refractivity contribution is 0.0948. The van der Waals surface area contributed by atoms with E-state index in [-0.39, 0.29) is 29.9 Å². The van der Waals surface area contributed by atoms with Crippen LogP contribution < -0.4 is 16.0 Å². The van der Waals surface area contributed by atoms with Crippen molar-refractivity contribution in [1.29, 1.82) is 0 Å². The lowest BCUT2D eigenvalue weighted by Gasteiger charge is -2.12. The second-order valence-corrected chi connectivity index (χ2v) is 7.08. The molecule has 8 heteroatoms. The first kappa shape index (κ1) is 24.7. The molecule has 3 rings (SSSR count). The number of hydrogen-bond acceptors (Lipinski definition) is 3. The van der Waals surface area contributed by atoms with Crippen LogP contribution in [0.5, 0.6) is 0 Å². The topological polar surface area (TPSA) is 78.7 Å². The van der Waals surface area contributed by atoms with Gasteiger partial charge in [-0.05, 0) is 54.4 Å². The minimum absolute atomic E-state index is 0. The standard InChI is InChI=1S/C23H25ClN4O2.HI/c1-2-25-23(28-15-18-7-4-9-20(24)13-18)27-14-17-6-3-8-19(12-17)22(29)26-16-21-10-5-11-30-21;/h3-13H,2,14-16H2,1H3,(H,26,29)(H2,25,27,28);1H. The summed E-state index contributed by atoms with van der Waals surface area (Å²) in [7, 11) is 0. The molecule has 0 aliphatic heterocycles. The van der Waals surface area contributed by atoms with E-state index in [2.05, 4.69) is 20.9 Å². The van der Waals surface area contributed by atoms with Crippen LogP contribution in [0.15, 0.2) is 76.3 Å². The van der Waals surface area contributed by atoms with Crippen LogP contribution >= 0.6 is 35.6 Å². The van der Waals surface area contributed by atoms with E-state index in [1.165, 1.54) is 0 Å². The van der Waals surface area contributed by atoms with Crippen LogP contribution in [-0.2, 0) is 19.6 Å². The summed E-state index contributed by atoms with van der Waals surface area (Å²) in [5, 5.41) is 10.1. The molecule has 0 saturated heterocycles. The molecule has 3 aromatic rings. The van der Waals surface area contributed by atoms with Crippen molar-refractivity contribution in [2.24, 2.45) is 4.99 Å². The van der Waals surface area contributed by atoms with Crippen LogP contribution in [0.2, 0.25) is 5.02 Å². The van der Waals surface area contributed by atoms with Gasteiger partial charge in [0.05, 0.1) is 19.4 Å². The van der Waals surface area contributed by atoms with Gasteiger partial charge in [-0.2, -0.15) is 0 Å². The van der Waals surface area contributed by atoms with E-state index < -0.39 is 0 Å². The van der Waals surface area contributed by atoms with E-state index in [0.29, 0.717) is 41.9 Å². The Kier molecular flexibility index (Phi) is 10.4. The lowest BCUT2D eigenvalue weighted by atomic mass is 10.1. The molecule has 0 fully saturated rings. The molecule has 0 atom stereocenters. The Morgan fingerprint density at radius 3 is 2.52 bits per heavy atom. The molecule has 0 bridgehead atoms. The van der Waals surface area contributed by atoms with Gasteiger partial charge in [-0.25, -0.2) is 4.99 Å². The highest BCUT2D eigenvalue weighted by Crippen LogP contribution is 2.11. The third kappa shape index (κ3) is 8.26. The molecule has 31 heavy (non-hydrogen) atoms. The monoisotopic (exact) mass is 552 g/mol. The fraction of sp³-hybridized carbons (Fsp3) is 0.217. The van der Waals surface area contributed by atoms with Gasteiger partial charge in [-0.15, -0.1) is 24.0 Å². The largest absolute Gasteiger partial charge is 0.467 e. The third-order valence-corrected chi connectivity index (χ3v) is 4.54. The maximum atomic E-state index is 12.4. The summed E-state index contributed by atoms with van der Waals surface area (Å²) in [5.41, 5.74) is 2.62. The number of nitrogens with one attached hydrogen (secondary N) is 3. The molecule has 2 aromatic carbocycles. The summed E-state index contributed by atoms with van der Waals surface area (Å²) in [6, 6.07) is 18.8. The SMILES string of the molecule is CCNC(=NCc1cccc(Cl)c1)NCc1cccc(C(=O)NCc2ccco2)c1.I. The smallest absolute Gasteiger partial charge is 0.251 e. The number of nitrogens with zero attached hydrogens (tertiary/aromatic N) is 1. The summed E-state index contributed by atoms with van der Waals surface area (Å²) in [6.07, 6.45) is 1.59. The Balaban J connectivity index is 0.00000341. The third-order valence-electron chi connectivity index (χ3n) is 4.31. The lowest BCUT2D eigenvalue weighted by Crippen LogP contribution is -2.36. The zero-order valence-electron chi connectivity index (χ0n) is 17.2. The summed E-state index contributed by atoms with van der Waals surface area (Å²) in [5.74, 6) is 1.27. The van der Waals surface area contributed by atoms with Crippen LogP contribution in [0, 0.1) is 0 Å². The van der Waals surface area contributed by atoms with Crippen molar-refractivity contribution in [3.05, 3.63) is 94.4 Å². The molecule has 0 aliphatic carbocycles. The molecule has 1 amide bonds. The molecule has 164 valence electrons. The number of carbonyl (C=O) groups is 1. The number of guanidine groups is 1. The predicted octanol–water partition coefficient (Wildman–Crippen LogP) is 4.74. The first-order valence-electron chi connectivity index (χ1n) is 9.80. The molecule has 6 nitrogen and oxygen atoms in total. The summed E-state index contributed by atoms with van der Waals surface area (Å²) >= 11 is 6.04. The van der Waals surface area contributed by atoms with Gasteiger partial charge in [0.25, 0.3) is 5.91 Å². The van der Waals surface area contributed by atoms with Crippen LogP contribution in [-0.4, -0.2) is 18.4 Å². The van der Waals surface area contributed by atoms with Crippen molar-refractivity contribution in [2.45, 2.75) is 26.6 Å². The van der Waals surface area contributed by atoms with E-state index in [0.717, 1.165) is 17.7 Å². The summed E-state index contributed by atoms with van der Waals surface area (Å²) in [4.78, 5) is 17.0. The molecule has 3 N–H and O–H groups in total. The van der Waals surface area contributed by atoms with Gasteiger partial charge in [0, 0.05) is 23.7 Å². The van der Waals surface area contributed by atoms with Gasteiger partial charge in [-0.3, -0.25) is 4.79 Å².